The first-order chi connectivity index (χ1) is 7.33. The van der Waals surface area contributed by atoms with Crippen molar-refractivity contribution < 1.29 is 9.53 Å². The number of Topliss-reactive ketones (excluding diaryl/α,β-unsaturated/α-hetero) is 1. The Kier molecular flexibility index (Phi) is 5.03. The van der Waals surface area contributed by atoms with Crippen LogP contribution in [0.15, 0.2) is 30.3 Å². The predicted molar refractivity (Wildman–Crippen MR) is 59.6 cm³/mol. The molecule has 0 aliphatic carbocycles. The fraction of sp³-hybridized carbons (Fsp3) is 0.308. The minimum absolute atomic E-state index is 0.125. The van der Waals surface area contributed by atoms with Crippen molar-refractivity contribution in [1.29, 1.82) is 0 Å². The number of hydrogen-bond acceptors (Lipinski definition) is 2. The topological polar surface area (TPSA) is 26.3 Å². The van der Waals surface area contributed by atoms with E-state index in [2.05, 4.69) is 11.8 Å². The molecule has 2 nitrogen and oxygen atoms in total. The van der Waals surface area contributed by atoms with Crippen LogP contribution in [0.4, 0.5) is 0 Å². The van der Waals surface area contributed by atoms with E-state index in [-0.39, 0.29) is 5.78 Å². The monoisotopic (exact) mass is 202 g/mol. The Balaban J connectivity index is 2.21. The highest BCUT2D eigenvalue weighted by Crippen LogP contribution is 2.08. The first-order valence-electron chi connectivity index (χ1n) is 4.92. The van der Waals surface area contributed by atoms with E-state index in [9.17, 15) is 4.79 Å². The van der Waals surface area contributed by atoms with E-state index in [4.69, 9.17) is 4.74 Å². The van der Waals surface area contributed by atoms with Crippen LogP contribution >= 0.6 is 0 Å². The maximum absolute atomic E-state index is 11.2. The smallest absolute Gasteiger partial charge is 0.148 e. The number of ether oxygens (including phenoxy) is 1. The summed E-state index contributed by atoms with van der Waals surface area (Å²) >= 11 is 0. The molecular weight excluding hydrogens is 188 g/mol. The summed E-state index contributed by atoms with van der Waals surface area (Å²) in [5, 5.41) is 0. The Bertz CT molecular complexity index is 357. The maximum Gasteiger partial charge on any atom is 0.148 e. The molecular formula is C13H14O2. The van der Waals surface area contributed by atoms with Gasteiger partial charge in [0.2, 0.25) is 0 Å². The zero-order valence-electron chi connectivity index (χ0n) is 8.82. The second-order valence-corrected chi connectivity index (χ2v) is 3.05. The van der Waals surface area contributed by atoms with Gasteiger partial charge in [0.1, 0.15) is 11.5 Å². The summed E-state index contributed by atoms with van der Waals surface area (Å²) in [6.07, 6.45) is 0.748. The summed E-state index contributed by atoms with van der Waals surface area (Å²) < 4.78 is 5.39. The van der Waals surface area contributed by atoms with Gasteiger partial charge in [0.15, 0.2) is 0 Å². The van der Waals surface area contributed by atoms with Crippen LogP contribution in [0, 0.1) is 11.8 Å². The van der Waals surface area contributed by atoms with Crippen LogP contribution in [0.2, 0.25) is 0 Å². The van der Waals surface area contributed by atoms with Gasteiger partial charge in [0, 0.05) is 6.42 Å². The minimum atomic E-state index is 0.125. The second-order valence-electron chi connectivity index (χ2n) is 3.05. The highest BCUT2D eigenvalue weighted by molar-refractivity contribution is 5.80. The van der Waals surface area contributed by atoms with Crippen LogP contribution in [0.25, 0.3) is 0 Å². The van der Waals surface area contributed by atoms with E-state index in [1.54, 1.807) is 6.92 Å². The van der Waals surface area contributed by atoms with Crippen LogP contribution in [0.1, 0.15) is 19.8 Å². The van der Waals surface area contributed by atoms with E-state index < -0.39 is 0 Å². The molecule has 78 valence electrons. The lowest BCUT2D eigenvalue weighted by Crippen LogP contribution is -2.05. The van der Waals surface area contributed by atoms with Gasteiger partial charge in [-0.3, -0.25) is 4.79 Å². The van der Waals surface area contributed by atoms with E-state index in [0.717, 1.165) is 5.75 Å². The Morgan fingerprint density at radius 3 is 2.73 bits per heavy atom. The number of rotatable bonds is 5. The molecule has 0 bridgehead atoms. The predicted octanol–water partition coefficient (Wildman–Crippen LogP) is 2.44. The fourth-order valence-electron chi connectivity index (χ4n) is 1.07. The Morgan fingerprint density at radius 1 is 1.33 bits per heavy atom. The van der Waals surface area contributed by atoms with Crippen molar-refractivity contribution in [3.8, 4) is 17.6 Å². The van der Waals surface area contributed by atoms with Gasteiger partial charge < -0.3 is 4.74 Å². The fourth-order valence-corrected chi connectivity index (χ4v) is 1.07. The van der Waals surface area contributed by atoms with Crippen molar-refractivity contribution in [2.45, 2.75) is 19.8 Å². The minimum Gasteiger partial charge on any atom is -0.493 e. The molecule has 0 aliphatic rings. The Hall–Kier alpha value is -1.75. The van der Waals surface area contributed by atoms with Crippen molar-refractivity contribution in [3.05, 3.63) is 30.3 Å². The molecule has 0 aliphatic heterocycles. The van der Waals surface area contributed by atoms with E-state index in [1.807, 2.05) is 30.3 Å². The molecule has 1 aromatic rings. The third-order valence-electron chi connectivity index (χ3n) is 1.86. The van der Waals surface area contributed by atoms with Gasteiger partial charge in [0.05, 0.1) is 13.0 Å². The largest absolute Gasteiger partial charge is 0.493 e. The summed E-state index contributed by atoms with van der Waals surface area (Å²) in [5.41, 5.74) is 0. The van der Waals surface area contributed by atoms with Gasteiger partial charge in [-0.2, -0.15) is 0 Å². The van der Waals surface area contributed by atoms with Crippen molar-refractivity contribution in [2.24, 2.45) is 0 Å². The van der Waals surface area contributed by atoms with E-state index in [0.29, 0.717) is 19.4 Å². The first kappa shape index (κ1) is 11.3. The highest BCUT2D eigenvalue weighted by Gasteiger charge is 1.99. The van der Waals surface area contributed by atoms with Gasteiger partial charge in [0.25, 0.3) is 0 Å². The average molecular weight is 202 g/mol. The van der Waals surface area contributed by atoms with Gasteiger partial charge in [-0.25, -0.2) is 0 Å². The summed E-state index contributed by atoms with van der Waals surface area (Å²) in [6, 6.07) is 9.47. The van der Waals surface area contributed by atoms with Crippen molar-refractivity contribution in [1.82, 2.24) is 0 Å². The molecule has 1 rings (SSSR count). The molecule has 0 saturated heterocycles. The lowest BCUT2D eigenvalue weighted by Gasteiger charge is -2.03. The summed E-state index contributed by atoms with van der Waals surface area (Å²) in [5.74, 6) is 6.36. The number of benzene rings is 1. The molecule has 0 aromatic heterocycles. The molecule has 0 unspecified atom stereocenters. The molecule has 15 heavy (non-hydrogen) atoms. The van der Waals surface area contributed by atoms with Crippen molar-refractivity contribution in [3.63, 3.8) is 0 Å². The van der Waals surface area contributed by atoms with Crippen LogP contribution in [-0.2, 0) is 4.79 Å². The average Bonchev–Trinajstić information content (AvgIpc) is 2.28. The summed E-state index contributed by atoms with van der Waals surface area (Å²) in [6.45, 7) is 2.15. The van der Waals surface area contributed by atoms with Crippen LogP contribution < -0.4 is 4.74 Å². The molecule has 0 spiro atoms. The lowest BCUT2D eigenvalue weighted by molar-refractivity contribution is -0.118. The molecule has 0 heterocycles. The lowest BCUT2D eigenvalue weighted by atomic mass is 10.2. The molecule has 0 saturated carbocycles. The number of ketones is 1. The van der Waals surface area contributed by atoms with Crippen molar-refractivity contribution in [2.75, 3.05) is 6.61 Å². The third-order valence-corrected chi connectivity index (χ3v) is 1.86. The normalized spacial score (nSPS) is 8.87. The van der Waals surface area contributed by atoms with E-state index >= 15 is 0 Å². The van der Waals surface area contributed by atoms with Crippen LogP contribution in [0.5, 0.6) is 5.75 Å². The molecule has 2 heteroatoms. The van der Waals surface area contributed by atoms with Crippen LogP contribution in [-0.4, -0.2) is 12.4 Å². The maximum atomic E-state index is 11.2. The quantitative estimate of drug-likeness (QED) is 0.685. The first-order valence-corrected chi connectivity index (χ1v) is 4.92. The number of para-hydroxylation sites is 1. The van der Waals surface area contributed by atoms with Gasteiger partial charge in [-0.15, -0.1) is 5.92 Å². The highest BCUT2D eigenvalue weighted by atomic mass is 16.5. The third kappa shape index (κ3) is 4.87. The molecule has 0 atom stereocenters. The summed E-state index contributed by atoms with van der Waals surface area (Å²) in [4.78, 5) is 11.2. The van der Waals surface area contributed by atoms with Crippen molar-refractivity contribution >= 4 is 5.78 Å². The number of carbonyl (C=O) groups is 1. The molecule has 0 amide bonds. The molecule has 1 aromatic carbocycles. The summed E-state index contributed by atoms with van der Waals surface area (Å²) in [7, 11) is 0. The number of carbonyl (C=O) groups excluding carboxylic acids is 1. The molecule has 0 fully saturated rings. The SMILES string of the molecule is CC#CCC(=O)CCOc1ccccc1. The van der Waals surface area contributed by atoms with E-state index in [1.165, 1.54) is 0 Å². The standard InChI is InChI=1S/C13H14O2/c1-2-3-7-12(14)10-11-15-13-8-5-4-6-9-13/h4-6,8-9H,7,10-11H2,1H3. The zero-order chi connectivity index (χ0) is 10.9. The Morgan fingerprint density at radius 2 is 2.07 bits per heavy atom. The number of hydrogen-bond donors (Lipinski definition) is 0. The van der Waals surface area contributed by atoms with Gasteiger partial charge >= 0.3 is 0 Å². The zero-order valence-corrected chi connectivity index (χ0v) is 8.82. The van der Waals surface area contributed by atoms with Gasteiger partial charge in [-0.1, -0.05) is 24.1 Å². The second kappa shape index (κ2) is 6.67. The molecule has 0 radical (unpaired) electrons. The van der Waals surface area contributed by atoms with Crippen LogP contribution in [0.3, 0.4) is 0 Å². The van der Waals surface area contributed by atoms with Gasteiger partial charge in [-0.05, 0) is 19.1 Å². The molecule has 0 N–H and O–H groups in total. The Labute approximate surface area is 90.3 Å².